The van der Waals surface area contributed by atoms with Gasteiger partial charge in [0.15, 0.2) is 11.5 Å². The zero-order valence-electron chi connectivity index (χ0n) is 13.0. The summed E-state index contributed by atoms with van der Waals surface area (Å²) in [7, 11) is 0. The van der Waals surface area contributed by atoms with E-state index >= 15 is 0 Å². The number of amides is 2. The molecule has 0 fully saturated rings. The first-order valence-corrected chi connectivity index (χ1v) is 7.69. The van der Waals surface area contributed by atoms with Crippen LogP contribution < -0.4 is 20.1 Å². The molecule has 2 N–H and O–H groups in total. The van der Waals surface area contributed by atoms with Gasteiger partial charge in [0, 0.05) is 6.54 Å². The second-order valence-electron chi connectivity index (χ2n) is 5.27. The lowest BCUT2D eigenvalue weighted by molar-refractivity contribution is 0.171. The molecule has 0 atom stereocenters. The van der Waals surface area contributed by atoms with Gasteiger partial charge in [-0.05, 0) is 36.2 Å². The Bertz CT molecular complexity index is 783. The molecule has 2 aromatic carbocycles. The van der Waals surface area contributed by atoms with Crippen molar-refractivity contribution in [3.05, 3.63) is 53.6 Å². The Hall–Kier alpha value is -3.20. The van der Waals surface area contributed by atoms with Gasteiger partial charge in [0.1, 0.15) is 19.3 Å². The van der Waals surface area contributed by atoms with Crippen LogP contribution in [0, 0.1) is 11.3 Å². The van der Waals surface area contributed by atoms with Gasteiger partial charge in [-0.3, -0.25) is 0 Å². The van der Waals surface area contributed by atoms with Crippen molar-refractivity contribution < 1.29 is 14.3 Å². The number of rotatable bonds is 4. The lowest BCUT2D eigenvalue weighted by Crippen LogP contribution is -2.30. The summed E-state index contributed by atoms with van der Waals surface area (Å²) < 4.78 is 11.0. The highest BCUT2D eigenvalue weighted by molar-refractivity contribution is 5.90. The minimum absolute atomic E-state index is 0.338. The van der Waals surface area contributed by atoms with Crippen molar-refractivity contribution in [1.82, 2.24) is 5.32 Å². The van der Waals surface area contributed by atoms with Gasteiger partial charge in [-0.15, -0.1) is 0 Å². The molecule has 0 aliphatic carbocycles. The van der Waals surface area contributed by atoms with Crippen molar-refractivity contribution in [2.24, 2.45) is 0 Å². The van der Waals surface area contributed by atoms with Gasteiger partial charge >= 0.3 is 6.03 Å². The molecule has 122 valence electrons. The number of anilines is 1. The topological polar surface area (TPSA) is 83.4 Å². The first kappa shape index (κ1) is 15.7. The summed E-state index contributed by atoms with van der Waals surface area (Å²) >= 11 is 0. The van der Waals surface area contributed by atoms with Crippen LogP contribution in [0.25, 0.3) is 0 Å². The summed E-state index contributed by atoms with van der Waals surface area (Å²) in [5, 5.41) is 14.5. The number of carbonyl (C=O) groups excluding carboxylic acids is 1. The van der Waals surface area contributed by atoms with Crippen LogP contribution in [0.5, 0.6) is 11.5 Å². The number of nitrogens with zero attached hydrogens (tertiary/aromatic N) is 1. The number of nitrogens with one attached hydrogen (secondary N) is 2. The fourth-order valence-electron chi connectivity index (χ4n) is 2.42. The molecule has 1 aliphatic rings. The lowest BCUT2D eigenvalue weighted by atomic mass is 10.1. The maximum atomic E-state index is 11.9. The molecule has 0 bridgehead atoms. The maximum absolute atomic E-state index is 11.9. The molecule has 0 unspecified atom stereocenters. The number of benzene rings is 2. The van der Waals surface area contributed by atoms with E-state index in [1.165, 1.54) is 0 Å². The van der Waals surface area contributed by atoms with Crippen LogP contribution in [0.2, 0.25) is 0 Å². The third-order valence-corrected chi connectivity index (χ3v) is 3.60. The Morgan fingerprint density at radius 1 is 1.12 bits per heavy atom. The van der Waals surface area contributed by atoms with Gasteiger partial charge in [-0.1, -0.05) is 18.2 Å². The summed E-state index contributed by atoms with van der Waals surface area (Å²) in [5.74, 6) is 1.50. The van der Waals surface area contributed by atoms with Crippen molar-refractivity contribution in [2.45, 2.75) is 6.42 Å². The zero-order valence-corrected chi connectivity index (χ0v) is 13.0. The van der Waals surface area contributed by atoms with Crippen LogP contribution in [-0.4, -0.2) is 25.8 Å². The van der Waals surface area contributed by atoms with Crippen LogP contribution in [0.1, 0.15) is 11.1 Å². The number of fused-ring (bicyclic) bond motifs is 1. The third-order valence-electron chi connectivity index (χ3n) is 3.60. The number of nitriles is 1. The van der Waals surface area contributed by atoms with E-state index in [1.807, 2.05) is 24.3 Å². The van der Waals surface area contributed by atoms with Gasteiger partial charge < -0.3 is 20.1 Å². The molecule has 0 aromatic heterocycles. The minimum atomic E-state index is -0.338. The zero-order chi connectivity index (χ0) is 16.8. The Balaban J connectivity index is 1.51. The molecule has 1 heterocycles. The number of carbonyl (C=O) groups is 1. The van der Waals surface area contributed by atoms with Gasteiger partial charge in [-0.25, -0.2) is 4.79 Å². The molecule has 1 aliphatic heterocycles. The van der Waals surface area contributed by atoms with Gasteiger partial charge in [-0.2, -0.15) is 5.26 Å². The lowest BCUT2D eigenvalue weighted by Gasteiger charge is -2.18. The first-order valence-electron chi connectivity index (χ1n) is 7.69. The Labute approximate surface area is 140 Å². The van der Waals surface area contributed by atoms with E-state index in [9.17, 15) is 4.79 Å². The Kier molecular flexibility index (Phi) is 4.82. The normalized spacial score (nSPS) is 12.1. The quantitative estimate of drug-likeness (QED) is 0.906. The van der Waals surface area contributed by atoms with Gasteiger partial charge in [0.2, 0.25) is 0 Å². The van der Waals surface area contributed by atoms with Crippen LogP contribution in [0.15, 0.2) is 42.5 Å². The van der Waals surface area contributed by atoms with Crippen molar-refractivity contribution in [1.29, 1.82) is 5.26 Å². The van der Waals surface area contributed by atoms with E-state index in [0.29, 0.717) is 37.4 Å². The van der Waals surface area contributed by atoms with E-state index in [1.54, 1.807) is 24.3 Å². The second-order valence-corrected chi connectivity index (χ2v) is 5.27. The average molecular weight is 323 g/mol. The largest absolute Gasteiger partial charge is 0.486 e. The summed E-state index contributed by atoms with van der Waals surface area (Å²) in [6, 6.07) is 14.3. The van der Waals surface area contributed by atoms with Crippen molar-refractivity contribution in [3.63, 3.8) is 0 Å². The van der Waals surface area contributed by atoms with E-state index in [0.717, 1.165) is 17.1 Å². The Morgan fingerprint density at radius 3 is 2.75 bits per heavy atom. The predicted molar refractivity (Wildman–Crippen MR) is 89.3 cm³/mol. The van der Waals surface area contributed by atoms with Crippen LogP contribution >= 0.6 is 0 Å². The maximum Gasteiger partial charge on any atom is 0.319 e. The number of hydrogen-bond acceptors (Lipinski definition) is 4. The number of urea groups is 1. The van der Waals surface area contributed by atoms with Gasteiger partial charge in [0.05, 0.1) is 11.3 Å². The van der Waals surface area contributed by atoms with Crippen LogP contribution in [0.3, 0.4) is 0 Å². The Morgan fingerprint density at radius 2 is 1.92 bits per heavy atom. The van der Waals surface area contributed by atoms with Crippen molar-refractivity contribution in [2.75, 3.05) is 25.1 Å². The minimum Gasteiger partial charge on any atom is -0.486 e. The van der Waals surface area contributed by atoms with E-state index in [-0.39, 0.29) is 6.03 Å². The fourth-order valence-corrected chi connectivity index (χ4v) is 2.42. The predicted octanol–water partition coefficient (Wildman–Crippen LogP) is 2.69. The molecule has 0 saturated carbocycles. The summed E-state index contributed by atoms with van der Waals surface area (Å²) in [6.45, 7) is 1.59. The summed E-state index contributed by atoms with van der Waals surface area (Å²) in [5.41, 5.74) is 1.98. The highest BCUT2D eigenvalue weighted by atomic mass is 16.6. The monoisotopic (exact) mass is 323 g/mol. The molecule has 0 spiro atoms. The summed E-state index contributed by atoms with van der Waals surface area (Å²) in [4.78, 5) is 11.9. The second kappa shape index (κ2) is 7.38. The highest BCUT2D eigenvalue weighted by Crippen LogP contribution is 2.30. The molecular weight excluding hydrogens is 306 g/mol. The molecule has 0 saturated heterocycles. The van der Waals surface area contributed by atoms with E-state index < -0.39 is 0 Å². The highest BCUT2D eigenvalue weighted by Gasteiger charge is 2.11. The number of hydrogen-bond donors (Lipinski definition) is 2. The molecule has 3 rings (SSSR count). The molecule has 2 aromatic rings. The number of para-hydroxylation sites is 1. The molecule has 2 amide bonds. The molecule has 6 nitrogen and oxygen atoms in total. The molecular formula is C18H17N3O3. The van der Waals surface area contributed by atoms with Crippen LogP contribution in [0.4, 0.5) is 10.5 Å². The van der Waals surface area contributed by atoms with Crippen molar-refractivity contribution in [3.8, 4) is 17.6 Å². The molecule has 0 radical (unpaired) electrons. The van der Waals surface area contributed by atoms with E-state index in [2.05, 4.69) is 10.6 Å². The molecule has 24 heavy (non-hydrogen) atoms. The summed E-state index contributed by atoms with van der Waals surface area (Å²) in [6.07, 6.45) is 0.671. The smallest absolute Gasteiger partial charge is 0.319 e. The molecule has 6 heteroatoms. The van der Waals surface area contributed by atoms with Crippen molar-refractivity contribution >= 4 is 11.7 Å². The number of ether oxygens (including phenoxy) is 2. The standard InChI is InChI=1S/C18H17N3O3/c19-12-14-3-1-2-4-15(14)21-18(22)20-8-7-13-5-6-16-17(11-13)24-10-9-23-16/h1-6,11H,7-10H2,(H2,20,21,22). The first-order chi connectivity index (χ1) is 11.8. The fraction of sp³-hybridized carbons (Fsp3) is 0.222. The SMILES string of the molecule is N#Cc1ccccc1NC(=O)NCCc1ccc2c(c1)OCCO2. The van der Waals surface area contributed by atoms with Gasteiger partial charge in [0.25, 0.3) is 0 Å². The van der Waals surface area contributed by atoms with E-state index in [4.69, 9.17) is 14.7 Å². The average Bonchev–Trinajstić information content (AvgIpc) is 2.62. The van der Waals surface area contributed by atoms with Crippen LogP contribution in [-0.2, 0) is 6.42 Å². The third kappa shape index (κ3) is 3.76.